The molecule has 0 saturated carbocycles. The molecule has 2 bridgehead atoms. The SMILES string of the molecule is O=C(c1ccccc1)N1[C@@H]2CC[C@H]1c1ccccc12. The van der Waals surface area contributed by atoms with Crippen molar-refractivity contribution in [1.29, 1.82) is 0 Å². The van der Waals surface area contributed by atoms with Crippen molar-refractivity contribution in [1.82, 2.24) is 4.90 Å². The van der Waals surface area contributed by atoms with Gasteiger partial charge in [-0.25, -0.2) is 0 Å². The van der Waals surface area contributed by atoms with Crippen LogP contribution in [-0.2, 0) is 0 Å². The van der Waals surface area contributed by atoms with E-state index in [1.807, 2.05) is 30.3 Å². The molecule has 0 unspecified atom stereocenters. The molecule has 2 aliphatic rings. The zero-order valence-corrected chi connectivity index (χ0v) is 10.6. The average molecular weight is 249 g/mol. The molecule has 2 aromatic rings. The fourth-order valence-electron chi connectivity index (χ4n) is 3.55. The average Bonchev–Trinajstić information content (AvgIpc) is 3.04. The lowest BCUT2D eigenvalue weighted by Gasteiger charge is -2.22. The van der Waals surface area contributed by atoms with Crippen LogP contribution in [0.2, 0.25) is 0 Å². The van der Waals surface area contributed by atoms with Gasteiger partial charge in [0, 0.05) is 5.56 Å². The summed E-state index contributed by atoms with van der Waals surface area (Å²) in [5.41, 5.74) is 3.50. The Kier molecular flexibility index (Phi) is 2.25. The molecule has 0 spiro atoms. The fourth-order valence-corrected chi connectivity index (χ4v) is 3.55. The standard InChI is InChI=1S/C17H15NO/c19-17(12-6-2-1-3-7-12)18-15-10-11-16(18)14-9-5-4-8-13(14)15/h1-9,15-16H,10-11H2/t15-,16+. The highest BCUT2D eigenvalue weighted by Gasteiger charge is 2.46. The summed E-state index contributed by atoms with van der Waals surface area (Å²) in [6.45, 7) is 0. The molecule has 2 aliphatic heterocycles. The Labute approximate surface area is 112 Å². The van der Waals surface area contributed by atoms with E-state index < -0.39 is 0 Å². The van der Waals surface area contributed by atoms with E-state index in [0.717, 1.165) is 18.4 Å². The Hall–Kier alpha value is -2.09. The van der Waals surface area contributed by atoms with Crippen LogP contribution in [0.25, 0.3) is 0 Å². The monoisotopic (exact) mass is 249 g/mol. The van der Waals surface area contributed by atoms with Crippen molar-refractivity contribution < 1.29 is 4.79 Å². The van der Waals surface area contributed by atoms with Crippen molar-refractivity contribution in [3.8, 4) is 0 Å². The highest BCUT2D eigenvalue weighted by molar-refractivity contribution is 5.95. The highest BCUT2D eigenvalue weighted by atomic mass is 16.2. The summed E-state index contributed by atoms with van der Waals surface area (Å²) in [6.07, 6.45) is 2.19. The van der Waals surface area contributed by atoms with Crippen LogP contribution in [0, 0.1) is 0 Å². The molecule has 1 amide bonds. The second-order valence-corrected chi connectivity index (χ2v) is 5.32. The van der Waals surface area contributed by atoms with E-state index in [2.05, 4.69) is 29.2 Å². The molecule has 0 radical (unpaired) electrons. The maximum Gasteiger partial charge on any atom is 0.254 e. The predicted molar refractivity (Wildman–Crippen MR) is 73.8 cm³/mol. The minimum Gasteiger partial charge on any atom is -0.325 e. The third-order valence-corrected chi connectivity index (χ3v) is 4.35. The summed E-state index contributed by atoms with van der Waals surface area (Å²) in [6, 6.07) is 18.7. The molecule has 4 rings (SSSR count). The second-order valence-electron chi connectivity index (χ2n) is 5.32. The number of rotatable bonds is 1. The highest BCUT2D eigenvalue weighted by Crippen LogP contribution is 2.53. The zero-order chi connectivity index (χ0) is 12.8. The summed E-state index contributed by atoms with van der Waals surface area (Å²) in [7, 11) is 0. The molecule has 0 aromatic heterocycles. The number of benzene rings is 2. The summed E-state index contributed by atoms with van der Waals surface area (Å²) >= 11 is 0. The number of fused-ring (bicyclic) bond motifs is 5. The first-order chi connectivity index (χ1) is 9.36. The summed E-state index contributed by atoms with van der Waals surface area (Å²) in [4.78, 5) is 14.8. The first kappa shape index (κ1) is 10.8. The zero-order valence-electron chi connectivity index (χ0n) is 10.6. The van der Waals surface area contributed by atoms with Crippen molar-refractivity contribution in [3.05, 3.63) is 71.3 Å². The molecule has 2 aromatic carbocycles. The van der Waals surface area contributed by atoms with Crippen molar-refractivity contribution in [3.63, 3.8) is 0 Å². The van der Waals surface area contributed by atoms with Crippen LogP contribution < -0.4 is 0 Å². The smallest absolute Gasteiger partial charge is 0.254 e. The van der Waals surface area contributed by atoms with Crippen molar-refractivity contribution >= 4 is 5.91 Å². The Morgan fingerprint density at radius 2 is 1.37 bits per heavy atom. The van der Waals surface area contributed by atoms with Crippen LogP contribution in [0.15, 0.2) is 54.6 Å². The number of hydrogen-bond acceptors (Lipinski definition) is 1. The van der Waals surface area contributed by atoms with E-state index in [-0.39, 0.29) is 18.0 Å². The fraction of sp³-hybridized carbons (Fsp3) is 0.235. The topological polar surface area (TPSA) is 20.3 Å². The number of amides is 1. The van der Waals surface area contributed by atoms with Gasteiger partial charge in [0.2, 0.25) is 0 Å². The Morgan fingerprint density at radius 1 is 0.842 bits per heavy atom. The van der Waals surface area contributed by atoms with Gasteiger partial charge in [0.25, 0.3) is 5.91 Å². The van der Waals surface area contributed by atoms with Gasteiger partial charge in [-0.2, -0.15) is 0 Å². The van der Waals surface area contributed by atoms with E-state index in [0.29, 0.717) is 0 Å². The number of nitrogens with zero attached hydrogens (tertiary/aromatic N) is 1. The maximum atomic E-state index is 12.7. The molecular weight excluding hydrogens is 234 g/mol. The van der Waals surface area contributed by atoms with Crippen LogP contribution >= 0.6 is 0 Å². The molecular formula is C17H15NO. The maximum absolute atomic E-state index is 12.7. The largest absolute Gasteiger partial charge is 0.325 e. The van der Waals surface area contributed by atoms with E-state index in [1.165, 1.54) is 11.1 Å². The van der Waals surface area contributed by atoms with Gasteiger partial charge in [0.05, 0.1) is 12.1 Å². The number of hydrogen-bond donors (Lipinski definition) is 0. The summed E-state index contributed by atoms with van der Waals surface area (Å²) < 4.78 is 0. The van der Waals surface area contributed by atoms with Crippen molar-refractivity contribution in [2.24, 2.45) is 0 Å². The molecule has 2 heterocycles. The molecule has 94 valence electrons. The van der Waals surface area contributed by atoms with Gasteiger partial charge >= 0.3 is 0 Å². The molecule has 2 atom stereocenters. The molecule has 1 saturated heterocycles. The summed E-state index contributed by atoms with van der Waals surface area (Å²) in [5.74, 6) is 0.171. The molecule has 19 heavy (non-hydrogen) atoms. The van der Waals surface area contributed by atoms with Crippen LogP contribution in [0.4, 0.5) is 0 Å². The molecule has 2 nitrogen and oxygen atoms in total. The van der Waals surface area contributed by atoms with Crippen LogP contribution in [0.3, 0.4) is 0 Å². The summed E-state index contributed by atoms with van der Waals surface area (Å²) in [5, 5.41) is 0. The first-order valence-electron chi connectivity index (χ1n) is 6.83. The van der Waals surface area contributed by atoms with Crippen LogP contribution in [0.1, 0.15) is 46.4 Å². The normalized spacial score (nSPS) is 23.5. The molecule has 0 N–H and O–H groups in total. The lowest BCUT2D eigenvalue weighted by molar-refractivity contribution is 0.0697. The van der Waals surface area contributed by atoms with Crippen LogP contribution in [0.5, 0.6) is 0 Å². The molecule has 1 fully saturated rings. The van der Waals surface area contributed by atoms with Gasteiger partial charge in [-0.05, 0) is 36.1 Å². The van der Waals surface area contributed by atoms with E-state index in [1.54, 1.807) is 0 Å². The van der Waals surface area contributed by atoms with Crippen LogP contribution in [-0.4, -0.2) is 10.8 Å². The van der Waals surface area contributed by atoms with E-state index >= 15 is 0 Å². The molecule has 2 heteroatoms. The Bertz CT molecular complexity index is 604. The predicted octanol–water partition coefficient (Wildman–Crippen LogP) is 3.72. The molecule has 0 aliphatic carbocycles. The van der Waals surface area contributed by atoms with Gasteiger partial charge in [0.15, 0.2) is 0 Å². The number of carbonyl (C=O) groups excluding carboxylic acids is 1. The van der Waals surface area contributed by atoms with Gasteiger partial charge < -0.3 is 4.90 Å². The minimum atomic E-state index is 0.171. The third-order valence-electron chi connectivity index (χ3n) is 4.35. The van der Waals surface area contributed by atoms with Crippen molar-refractivity contribution in [2.75, 3.05) is 0 Å². The Morgan fingerprint density at radius 3 is 1.95 bits per heavy atom. The van der Waals surface area contributed by atoms with E-state index in [9.17, 15) is 4.79 Å². The van der Waals surface area contributed by atoms with Crippen molar-refractivity contribution in [2.45, 2.75) is 24.9 Å². The second kappa shape index (κ2) is 3.95. The van der Waals surface area contributed by atoms with Gasteiger partial charge in [0.1, 0.15) is 0 Å². The lowest BCUT2D eigenvalue weighted by atomic mass is 9.92. The Balaban J connectivity index is 1.75. The lowest BCUT2D eigenvalue weighted by Crippen LogP contribution is -2.27. The van der Waals surface area contributed by atoms with Gasteiger partial charge in [-0.3, -0.25) is 4.79 Å². The third kappa shape index (κ3) is 1.46. The number of carbonyl (C=O) groups is 1. The van der Waals surface area contributed by atoms with E-state index in [4.69, 9.17) is 0 Å². The quantitative estimate of drug-likeness (QED) is 0.754. The van der Waals surface area contributed by atoms with Gasteiger partial charge in [-0.1, -0.05) is 42.5 Å². The minimum absolute atomic E-state index is 0.171. The first-order valence-corrected chi connectivity index (χ1v) is 6.83. The van der Waals surface area contributed by atoms with Gasteiger partial charge in [-0.15, -0.1) is 0 Å².